The molecule has 116 valence electrons. The van der Waals surface area contributed by atoms with Crippen molar-refractivity contribution in [2.45, 2.75) is 13.3 Å². The molecule has 0 aliphatic rings. The maximum absolute atomic E-state index is 11.5. The van der Waals surface area contributed by atoms with Crippen LogP contribution in [0.5, 0.6) is 0 Å². The van der Waals surface area contributed by atoms with Gasteiger partial charge < -0.3 is 15.5 Å². The molecule has 0 saturated carbocycles. The summed E-state index contributed by atoms with van der Waals surface area (Å²) in [4.78, 5) is 25.7. The lowest BCUT2D eigenvalue weighted by Gasteiger charge is -1.99. The molecule has 0 aliphatic carbocycles. The van der Waals surface area contributed by atoms with Crippen LogP contribution in [0.3, 0.4) is 0 Å². The predicted octanol–water partition coefficient (Wildman–Crippen LogP) is 3.08. The molecule has 5 nitrogen and oxygen atoms in total. The summed E-state index contributed by atoms with van der Waals surface area (Å²) in [5.41, 5.74) is 7.19. The van der Waals surface area contributed by atoms with E-state index in [1.165, 1.54) is 6.08 Å². The minimum absolute atomic E-state index is 0.00637. The molecule has 0 atom stereocenters. The quantitative estimate of drug-likeness (QED) is 0.647. The summed E-state index contributed by atoms with van der Waals surface area (Å²) in [5, 5.41) is 1.51. The molecule has 0 saturated heterocycles. The first-order valence-corrected chi connectivity index (χ1v) is 7.30. The van der Waals surface area contributed by atoms with Gasteiger partial charge >= 0.3 is 5.97 Å². The number of fused-ring (bicyclic) bond motifs is 1. The highest BCUT2D eigenvalue weighted by Crippen LogP contribution is 2.32. The molecular formula is C15H14Cl2N2O3. The van der Waals surface area contributed by atoms with Crippen molar-refractivity contribution in [1.82, 2.24) is 4.98 Å². The van der Waals surface area contributed by atoms with Crippen LogP contribution in [0.25, 0.3) is 17.0 Å². The van der Waals surface area contributed by atoms with Crippen molar-refractivity contribution in [3.8, 4) is 0 Å². The molecule has 0 bridgehead atoms. The van der Waals surface area contributed by atoms with E-state index >= 15 is 0 Å². The number of nitrogens with two attached hydrogens (primary N) is 1. The number of H-pyrrole nitrogens is 1. The zero-order valence-electron chi connectivity index (χ0n) is 11.8. The lowest BCUT2D eigenvalue weighted by molar-refractivity contribution is -0.137. The number of ether oxygens (including phenoxy) is 1. The molecule has 0 spiro atoms. The molecular weight excluding hydrogens is 327 g/mol. The smallest absolute Gasteiger partial charge is 0.330 e. The van der Waals surface area contributed by atoms with Gasteiger partial charge in [0.1, 0.15) is 0 Å². The Bertz CT molecular complexity index is 766. The van der Waals surface area contributed by atoms with Gasteiger partial charge in [-0.2, -0.15) is 0 Å². The fraction of sp³-hybridized carbons (Fsp3) is 0.200. The number of benzene rings is 1. The van der Waals surface area contributed by atoms with Crippen LogP contribution >= 0.6 is 23.2 Å². The Morgan fingerprint density at radius 3 is 2.64 bits per heavy atom. The maximum atomic E-state index is 11.5. The van der Waals surface area contributed by atoms with Gasteiger partial charge in [-0.1, -0.05) is 23.2 Å². The van der Waals surface area contributed by atoms with Crippen LogP contribution in [0.1, 0.15) is 18.2 Å². The molecule has 2 aromatic rings. The number of nitrogens with one attached hydrogen (secondary N) is 1. The largest absolute Gasteiger partial charge is 0.463 e. The standard InChI is InChI=1S/C15H14Cl2N2O3/c1-2-22-15(21)4-3-8-9-5-10(16)11(17)6-12(9)19-13(8)7-14(18)20/h3-6,19H,2,7H2,1H3,(H2,18,20). The van der Waals surface area contributed by atoms with Gasteiger partial charge in [-0.3, -0.25) is 4.79 Å². The SMILES string of the molecule is CCOC(=O)C=Cc1c(CC(N)=O)[nH]c2cc(Cl)c(Cl)cc12. The number of carbonyl (C=O) groups is 2. The molecule has 7 heteroatoms. The highest BCUT2D eigenvalue weighted by molar-refractivity contribution is 6.42. The molecule has 1 amide bonds. The number of primary amides is 1. The summed E-state index contributed by atoms with van der Waals surface area (Å²) in [5.74, 6) is -0.962. The normalized spacial score (nSPS) is 11.2. The third-order valence-electron chi connectivity index (χ3n) is 2.98. The van der Waals surface area contributed by atoms with E-state index in [1.807, 2.05) is 0 Å². The van der Waals surface area contributed by atoms with E-state index in [9.17, 15) is 9.59 Å². The number of amides is 1. The topological polar surface area (TPSA) is 85.2 Å². The number of halogens is 2. The van der Waals surface area contributed by atoms with Crippen molar-refractivity contribution in [3.63, 3.8) is 0 Å². The number of aromatic nitrogens is 1. The van der Waals surface area contributed by atoms with Crippen molar-refractivity contribution < 1.29 is 14.3 Å². The second-order valence-corrected chi connectivity index (χ2v) is 5.37. The van der Waals surface area contributed by atoms with Crippen molar-refractivity contribution in [1.29, 1.82) is 0 Å². The van der Waals surface area contributed by atoms with Crippen LogP contribution in [-0.2, 0) is 20.7 Å². The van der Waals surface area contributed by atoms with Gasteiger partial charge in [0.25, 0.3) is 0 Å². The highest BCUT2D eigenvalue weighted by atomic mass is 35.5. The average molecular weight is 341 g/mol. The number of carbonyl (C=O) groups excluding carboxylic acids is 2. The van der Waals surface area contributed by atoms with Gasteiger partial charge in [0.05, 0.1) is 23.1 Å². The summed E-state index contributed by atoms with van der Waals surface area (Å²) in [6, 6.07) is 3.33. The van der Waals surface area contributed by atoms with Crippen molar-refractivity contribution in [3.05, 3.63) is 39.5 Å². The minimum atomic E-state index is -0.491. The first-order chi connectivity index (χ1) is 10.4. The molecule has 0 fully saturated rings. The Hall–Kier alpha value is -1.98. The number of esters is 1. The van der Waals surface area contributed by atoms with Gasteiger partial charge in [0.2, 0.25) is 5.91 Å². The zero-order valence-corrected chi connectivity index (χ0v) is 13.3. The molecule has 22 heavy (non-hydrogen) atoms. The number of hydrogen-bond donors (Lipinski definition) is 2. The second kappa shape index (κ2) is 6.85. The van der Waals surface area contributed by atoms with Gasteiger partial charge in [-0.25, -0.2) is 4.79 Å². The molecule has 0 aliphatic heterocycles. The molecule has 2 rings (SSSR count). The van der Waals surface area contributed by atoms with Gasteiger partial charge in [0.15, 0.2) is 0 Å². The fourth-order valence-corrected chi connectivity index (χ4v) is 2.44. The second-order valence-electron chi connectivity index (χ2n) is 4.56. The average Bonchev–Trinajstić information content (AvgIpc) is 2.73. The minimum Gasteiger partial charge on any atom is -0.463 e. The summed E-state index contributed by atoms with van der Waals surface area (Å²) in [6.07, 6.45) is 2.87. The molecule has 1 aromatic heterocycles. The summed E-state index contributed by atoms with van der Waals surface area (Å²) >= 11 is 12.0. The van der Waals surface area contributed by atoms with Crippen LogP contribution in [0.15, 0.2) is 18.2 Å². The van der Waals surface area contributed by atoms with Gasteiger partial charge in [-0.15, -0.1) is 0 Å². The molecule has 0 radical (unpaired) electrons. The van der Waals surface area contributed by atoms with E-state index < -0.39 is 11.9 Å². The van der Waals surface area contributed by atoms with E-state index in [0.717, 1.165) is 5.39 Å². The third kappa shape index (κ3) is 3.61. The lowest BCUT2D eigenvalue weighted by Crippen LogP contribution is -2.14. The van der Waals surface area contributed by atoms with Crippen LogP contribution in [0.4, 0.5) is 0 Å². The Morgan fingerprint density at radius 2 is 2.00 bits per heavy atom. The third-order valence-corrected chi connectivity index (χ3v) is 3.71. The van der Waals surface area contributed by atoms with Crippen LogP contribution in [0, 0.1) is 0 Å². The summed E-state index contributed by atoms with van der Waals surface area (Å²) in [6.45, 7) is 2.00. The van der Waals surface area contributed by atoms with Gasteiger partial charge in [0, 0.05) is 28.2 Å². The fourth-order valence-electron chi connectivity index (χ4n) is 2.11. The summed E-state index contributed by atoms with van der Waals surface area (Å²) in [7, 11) is 0. The first kappa shape index (κ1) is 16.4. The van der Waals surface area contributed by atoms with Crippen LogP contribution < -0.4 is 5.73 Å². The predicted molar refractivity (Wildman–Crippen MR) is 86.9 cm³/mol. The Kier molecular flexibility index (Phi) is 5.11. The van der Waals surface area contributed by atoms with E-state index in [4.69, 9.17) is 33.7 Å². The highest BCUT2D eigenvalue weighted by Gasteiger charge is 2.13. The Balaban J connectivity index is 2.54. The van der Waals surface area contributed by atoms with E-state index in [0.29, 0.717) is 26.8 Å². The zero-order chi connectivity index (χ0) is 16.3. The molecule has 1 heterocycles. The Morgan fingerprint density at radius 1 is 1.32 bits per heavy atom. The molecule has 0 unspecified atom stereocenters. The first-order valence-electron chi connectivity index (χ1n) is 6.55. The number of rotatable bonds is 5. The monoisotopic (exact) mass is 340 g/mol. The van der Waals surface area contributed by atoms with Crippen LogP contribution in [0.2, 0.25) is 10.0 Å². The number of hydrogen-bond acceptors (Lipinski definition) is 3. The van der Waals surface area contributed by atoms with E-state index in [1.54, 1.807) is 25.1 Å². The molecule has 1 aromatic carbocycles. The van der Waals surface area contributed by atoms with Crippen molar-refractivity contribution in [2.24, 2.45) is 5.73 Å². The van der Waals surface area contributed by atoms with Crippen molar-refractivity contribution >= 4 is 52.1 Å². The van der Waals surface area contributed by atoms with Crippen LogP contribution in [-0.4, -0.2) is 23.5 Å². The maximum Gasteiger partial charge on any atom is 0.330 e. The van der Waals surface area contributed by atoms with E-state index in [-0.39, 0.29) is 13.0 Å². The van der Waals surface area contributed by atoms with E-state index in [2.05, 4.69) is 4.98 Å². The Labute approximate surface area is 137 Å². The lowest BCUT2D eigenvalue weighted by atomic mass is 10.1. The summed E-state index contributed by atoms with van der Waals surface area (Å²) < 4.78 is 4.84. The molecule has 3 N–H and O–H groups in total. The van der Waals surface area contributed by atoms with Gasteiger partial charge in [-0.05, 0) is 25.1 Å². The van der Waals surface area contributed by atoms with Crippen molar-refractivity contribution in [2.75, 3.05) is 6.61 Å². The number of aromatic amines is 1.